The maximum absolute atomic E-state index is 13.4. The molecule has 142 valence electrons. The molecule has 3 rings (SSSR count). The molecule has 3 aromatic rings. The first-order chi connectivity index (χ1) is 13.5. The molecule has 0 bridgehead atoms. The van der Waals surface area contributed by atoms with Gasteiger partial charge >= 0.3 is 0 Å². The SMILES string of the molecule is [O-]/C(=C(\C(=S)Nc1ccc(Cl)cc1)[n+]1cccc(CO)c1)c1ccccc1Br. The number of hydrogen-bond acceptors (Lipinski definition) is 3. The van der Waals surface area contributed by atoms with E-state index in [1.165, 1.54) is 0 Å². The van der Waals surface area contributed by atoms with Crippen LogP contribution in [0.3, 0.4) is 0 Å². The summed E-state index contributed by atoms with van der Waals surface area (Å²) in [4.78, 5) is 0.253. The number of aliphatic hydroxyl groups excluding tert-OH is 1. The number of hydrogen-bond donors (Lipinski definition) is 2. The molecule has 1 heterocycles. The number of thiocarbonyl (C=S) groups is 1. The van der Waals surface area contributed by atoms with Crippen molar-refractivity contribution < 1.29 is 14.8 Å². The quantitative estimate of drug-likeness (QED) is 0.253. The number of anilines is 1. The van der Waals surface area contributed by atoms with Gasteiger partial charge in [-0.2, -0.15) is 4.57 Å². The second-order valence-corrected chi connectivity index (χ2v) is 7.60. The average molecular weight is 476 g/mol. The molecule has 0 saturated carbocycles. The molecule has 0 spiro atoms. The maximum atomic E-state index is 13.4. The Morgan fingerprint density at radius 3 is 2.50 bits per heavy atom. The monoisotopic (exact) mass is 474 g/mol. The van der Waals surface area contributed by atoms with Crippen molar-refractivity contribution in [1.82, 2.24) is 0 Å². The van der Waals surface area contributed by atoms with E-state index in [-0.39, 0.29) is 23.1 Å². The molecule has 0 radical (unpaired) electrons. The van der Waals surface area contributed by atoms with Gasteiger partial charge in [0.1, 0.15) is 0 Å². The normalized spacial score (nSPS) is 11.7. The Bertz CT molecular complexity index is 1040. The molecule has 7 heteroatoms. The van der Waals surface area contributed by atoms with Crippen LogP contribution in [0, 0.1) is 0 Å². The number of pyridine rings is 1. The van der Waals surface area contributed by atoms with Gasteiger partial charge in [0.25, 0.3) is 0 Å². The van der Waals surface area contributed by atoms with Gasteiger partial charge in [-0.15, -0.1) is 0 Å². The Morgan fingerprint density at radius 1 is 1.11 bits per heavy atom. The number of halogens is 2. The predicted molar refractivity (Wildman–Crippen MR) is 117 cm³/mol. The lowest BCUT2D eigenvalue weighted by atomic mass is 10.1. The third kappa shape index (κ3) is 4.77. The van der Waals surface area contributed by atoms with Gasteiger partial charge in [0.05, 0.1) is 6.61 Å². The van der Waals surface area contributed by atoms with E-state index in [0.29, 0.717) is 26.3 Å². The van der Waals surface area contributed by atoms with Crippen molar-refractivity contribution in [2.75, 3.05) is 5.32 Å². The Balaban J connectivity index is 2.10. The summed E-state index contributed by atoms with van der Waals surface area (Å²) in [6.07, 6.45) is 3.40. The summed E-state index contributed by atoms with van der Waals surface area (Å²) in [7, 11) is 0. The van der Waals surface area contributed by atoms with E-state index in [1.807, 2.05) is 6.07 Å². The number of nitrogens with zero attached hydrogens (tertiary/aromatic N) is 1. The minimum Gasteiger partial charge on any atom is -0.867 e. The number of aliphatic hydroxyl groups is 1. The second kappa shape index (κ2) is 9.30. The van der Waals surface area contributed by atoms with Gasteiger partial charge in [0.2, 0.25) is 5.70 Å². The van der Waals surface area contributed by atoms with E-state index in [4.69, 9.17) is 23.8 Å². The number of rotatable bonds is 5. The van der Waals surface area contributed by atoms with Crippen molar-refractivity contribution in [2.24, 2.45) is 0 Å². The fourth-order valence-electron chi connectivity index (χ4n) is 2.59. The molecule has 0 aliphatic carbocycles. The second-order valence-electron chi connectivity index (χ2n) is 5.90. The van der Waals surface area contributed by atoms with E-state index in [0.717, 1.165) is 0 Å². The zero-order chi connectivity index (χ0) is 20.1. The van der Waals surface area contributed by atoms with Crippen LogP contribution in [0.4, 0.5) is 5.69 Å². The lowest BCUT2D eigenvalue weighted by Crippen LogP contribution is -2.40. The Kier molecular flexibility index (Phi) is 6.80. The van der Waals surface area contributed by atoms with Gasteiger partial charge in [-0.3, -0.25) is 0 Å². The summed E-state index contributed by atoms with van der Waals surface area (Å²) in [5, 5.41) is 26.5. The number of benzene rings is 2. The highest BCUT2D eigenvalue weighted by molar-refractivity contribution is 9.10. The Labute approximate surface area is 181 Å². The van der Waals surface area contributed by atoms with Crippen LogP contribution in [-0.2, 0) is 6.61 Å². The van der Waals surface area contributed by atoms with Crippen LogP contribution in [0.25, 0.3) is 11.5 Å². The Morgan fingerprint density at radius 2 is 1.82 bits per heavy atom. The Hall–Kier alpha value is -2.25. The lowest BCUT2D eigenvalue weighted by Gasteiger charge is -2.18. The molecule has 1 aromatic heterocycles. The van der Waals surface area contributed by atoms with E-state index in [1.54, 1.807) is 71.6 Å². The standard InChI is InChI=1S/C21H16BrClN2O2S/c22-18-6-2-1-5-17(18)20(27)19(25-11-3-4-14(12-25)13-26)21(28)24-16-9-7-15(23)8-10-16/h1-12,26H,13H2,(H-,24,27,28). The van der Waals surface area contributed by atoms with Gasteiger partial charge in [0.15, 0.2) is 17.4 Å². The summed E-state index contributed by atoms with van der Waals surface area (Å²) in [6.45, 7) is -0.144. The van der Waals surface area contributed by atoms with Crippen LogP contribution in [0.1, 0.15) is 11.1 Å². The highest BCUT2D eigenvalue weighted by atomic mass is 79.9. The minimum absolute atomic E-state index is 0.144. The highest BCUT2D eigenvalue weighted by Gasteiger charge is 2.20. The first kappa shape index (κ1) is 20.5. The molecule has 4 nitrogen and oxygen atoms in total. The molecule has 0 aliphatic rings. The third-order valence-corrected chi connectivity index (χ3v) is 5.19. The van der Waals surface area contributed by atoms with Crippen molar-refractivity contribution in [1.29, 1.82) is 0 Å². The molecule has 2 aromatic carbocycles. The summed E-state index contributed by atoms with van der Waals surface area (Å²) in [5.41, 5.74) is 2.13. The molecular weight excluding hydrogens is 460 g/mol. The van der Waals surface area contributed by atoms with Crippen LogP contribution in [-0.4, -0.2) is 10.1 Å². The van der Waals surface area contributed by atoms with Gasteiger partial charge in [-0.25, -0.2) is 0 Å². The van der Waals surface area contributed by atoms with Crippen molar-refractivity contribution in [3.63, 3.8) is 0 Å². The van der Waals surface area contributed by atoms with Crippen molar-refractivity contribution in [3.05, 3.63) is 93.7 Å². The van der Waals surface area contributed by atoms with Gasteiger partial charge in [0, 0.05) is 26.8 Å². The average Bonchev–Trinajstić information content (AvgIpc) is 2.70. The third-order valence-electron chi connectivity index (χ3n) is 3.95. The fraction of sp³-hybridized carbons (Fsp3) is 0.0476. The molecule has 0 aliphatic heterocycles. The highest BCUT2D eigenvalue weighted by Crippen LogP contribution is 2.24. The number of aromatic nitrogens is 1. The van der Waals surface area contributed by atoms with Crippen LogP contribution >= 0.6 is 39.7 Å². The van der Waals surface area contributed by atoms with Crippen molar-refractivity contribution >= 4 is 61.9 Å². The summed E-state index contributed by atoms with van der Waals surface area (Å²) in [6, 6.07) is 17.7. The molecule has 0 atom stereocenters. The maximum Gasteiger partial charge on any atom is 0.238 e. The van der Waals surface area contributed by atoms with E-state index in [2.05, 4.69) is 21.2 Å². The van der Waals surface area contributed by atoms with E-state index < -0.39 is 0 Å². The van der Waals surface area contributed by atoms with E-state index >= 15 is 0 Å². The predicted octanol–water partition coefficient (Wildman–Crippen LogP) is 4.01. The topological polar surface area (TPSA) is 59.2 Å². The molecule has 0 saturated heterocycles. The summed E-state index contributed by atoms with van der Waals surface area (Å²) >= 11 is 14.9. The van der Waals surface area contributed by atoms with Gasteiger partial charge in [-0.05, 0) is 47.7 Å². The largest absolute Gasteiger partial charge is 0.867 e. The van der Waals surface area contributed by atoms with Crippen LogP contribution in [0.15, 0.2) is 77.5 Å². The molecule has 0 amide bonds. The minimum atomic E-state index is -0.251. The zero-order valence-electron chi connectivity index (χ0n) is 14.6. The smallest absolute Gasteiger partial charge is 0.238 e. The number of nitrogens with one attached hydrogen (secondary N) is 1. The van der Waals surface area contributed by atoms with Gasteiger partial charge < -0.3 is 15.5 Å². The molecule has 2 N–H and O–H groups in total. The zero-order valence-corrected chi connectivity index (χ0v) is 17.8. The van der Waals surface area contributed by atoms with Crippen molar-refractivity contribution in [2.45, 2.75) is 6.61 Å². The summed E-state index contributed by atoms with van der Waals surface area (Å²) in [5.74, 6) is -0.251. The lowest BCUT2D eigenvalue weighted by molar-refractivity contribution is -0.578. The first-order valence-electron chi connectivity index (χ1n) is 8.34. The van der Waals surface area contributed by atoms with Crippen LogP contribution < -0.4 is 15.0 Å². The molecular formula is C21H16BrClN2O2S. The van der Waals surface area contributed by atoms with Crippen LogP contribution in [0.5, 0.6) is 0 Å². The summed E-state index contributed by atoms with van der Waals surface area (Å²) < 4.78 is 2.30. The van der Waals surface area contributed by atoms with Gasteiger partial charge in [-0.1, -0.05) is 57.9 Å². The first-order valence-corrected chi connectivity index (χ1v) is 9.92. The van der Waals surface area contributed by atoms with E-state index in [9.17, 15) is 10.2 Å². The molecule has 0 unspecified atom stereocenters. The van der Waals surface area contributed by atoms with Crippen molar-refractivity contribution in [3.8, 4) is 0 Å². The molecule has 0 fully saturated rings. The molecule has 28 heavy (non-hydrogen) atoms. The van der Waals surface area contributed by atoms with Crippen LogP contribution in [0.2, 0.25) is 5.02 Å². The fourth-order valence-corrected chi connectivity index (χ4v) is 3.50.